The highest BCUT2D eigenvalue weighted by Crippen LogP contribution is 2.36. The number of pyridine rings is 1. The number of hydrogen-bond donors (Lipinski definition) is 2. The van der Waals surface area contributed by atoms with Crippen LogP contribution >= 0.6 is 11.6 Å². The fraction of sp³-hybridized carbons (Fsp3) is 0.207. The fourth-order valence-electron chi connectivity index (χ4n) is 4.37. The Balaban J connectivity index is 1.25. The zero-order valence-corrected chi connectivity index (χ0v) is 21.6. The third-order valence-electron chi connectivity index (χ3n) is 6.58. The van der Waals surface area contributed by atoms with Crippen molar-refractivity contribution in [2.45, 2.75) is 25.3 Å². The maximum Gasteiger partial charge on any atom is 0.253 e. The van der Waals surface area contributed by atoms with Crippen molar-refractivity contribution in [3.8, 4) is 11.3 Å². The molecule has 1 fully saturated rings. The van der Waals surface area contributed by atoms with Gasteiger partial charge in [0.1, 0.15) is 17.3 Å². The average Bonchev–Trinajstić information content (AvgIpc) is 3.40. The number of halogens is 3. The number of likely N-dealkylation sites (tertiary alicyclic amines) is 1. The van der Waals surface area contributed by atoms with E-state index in [-0.39, 0.29) is 44.3 Å². The van der Waals surface area contributed by atoms with Crippen molar-refractivity contribution in [3.05, 3.63) is 88.8 Å². The van der Waals surface area contributed by atoms with Gasteiger partial charge >= 0.3 is 0 Å². The van der Waals surface area contributed by atoms with Gasteiger partial charge in [0.2, 0.25) is 5.91 Å². The lowest BCUT2D eigenvalue weighted by molar-refractivity contribution is -0.116. The van der Waals surface area contributed by atoms with Crippen molar-refractivity contribution in [1.29, 1.82) is 0 Å². The van der Waals surface area contributed by atoms with Gasteiger partial charge in [0.15, 0.2) is 0 Å². The van der Waals surface area contributed by atoms with Crippen LogP contribution in [0.3, 0.4) is 0 Å². The number of alkyl halides is 2. The molecule has 0 radical (unpaired) electrons. The first kappa shape index (κ1) is 26.4. The van der Waals surface area contributed by atoms with Crippen molar-refractivity contribution in [2.75, 3.05) is 18.8 Å². The van der Waals surface area contributed by atoms with Gasteiger partial charge in [-0.3, -0.25) is 9.59 Å². The Hall–Kier alpha value is -4.24. The largest absolute Gasteiger partial charge is 0.459 e. The number of fused-ring (bicyclic) bond motifs is 1. The van der Waals surface area contributed by atoms with E-state index in [1.54, 1.807) is 60.8 Å². The highest BCUT2D eigenvalue weighted by atomic mass is 35.5. The molecule has 0 spiro atoms. The highest BCUT2D eigenvalue weighted by Gasteiger charge is 2.35. The zero-order valence-electron chi connectivity index (χ0n) is 20.8. The molecule has 4 aromatic rings. The van der Waals surface area contributed by atoms with Gasteiger partial charge in [-0.15, -0.1) is 0 Å². The lowest BCUT2D eigenvalue weighted by atomic mass is 10.0. The Morgan fingerprint density at radius 2 is 1.90 bits per heavy atom. The molecule has 0 saturated carbocycles. The SMILES string of the molecule is Nc1ccc(/C=C/C(=O)NCc2ccc(-c3ccc4cc(C(=O)N5CCC(F)(F)CC5)ccc4c3Cl)o2)cn1. The van der Waals surface area contributed by atoms with E-state index < -0.39 is 5.92 Å². The van der Waals surface area contributed by atoms with Crippen LogP contribution in [0.2, 0.25) is 5.02 Å². The second-order valence-corrected chi connectivity index (χ2v) is 9.72. The van der Waals surface area contributed by atoms with E-state index in [0.29, 0.717) is 33.5 Å². The molecule has 1 aliphatic heterocycles. The molecule has 2 aromatic carbocycles. The molecule has 200 valence electrons. The van der Waals surface area contributed by atoms with Gasteiger partial charge < -0.3 is 20.4 Å². The molecule has 0 unspecified atom stereocenters. The van der Waals surface area contributed by atoms with Gasteiger partial charge in [-0.05, 0) is 59.5 Å². The molecule has 2 aromatic heterocycles. The third kappa shape index (κ3) is 6.09. The van der Waals surface area contributed by atoms with Crippen LogP contribution in [0.1, 0.15) is 34.5 Å². The highest BCUT2D eigenvalue weighted by molar-refractivity contribution is 6.38. The van der Waals surface area contributed by atoms with Gasteiger partial charge in [-0.1, -0.05) is 23.7 Å². The lowest BCUT2D eigenvalue weighted by Gasteiger charge is -2.31. The molecule has 3 N–H and O–H groups in total. The van der Waals surface area contributed by atoms with E-state index in [2.05, 4.69) is 10.3 Å². The predicted octanol–water partition coefficient (Wildman–Crippen LogP) is 5.93. The summed E-state index contributed by atoms with van der Waals surface area (Å²) in [5.74, 6) is -1.80. The number of carbonyl (C=O) groups excluding carboxylic acids is 2. The molecular weight excluding hydrogens is 526 g/mol. The van der Waals surface area contributed by atoms with Crippen molar-refractivity contribution in [1.82, 2.24) is 15.2 Å². The molecule has 1 aliphatic rings. The second-order valence-electron chi connectivity index (χ2n) is 9.34. The number of nitrogens with one attached hydrogen (secondary N) is 1. The molecule has 0 atom stereocenters. The van der Waals surface area contributed by atoms with Crippen molar-refractivity contribution >= 4 is 46.1 Å². The summed E-state index contributed by atoms with van der Waals surface area (Å²) in [5, 5.41) is 4.69. The number of nitrogens with two attached hydrogens (primary N) is 1. The van der Waals surface area contributed by atoms with Crippen LogP contribution in [0.4, 0.5) is 14.6 Å². The molecule has 3 heterocycles. The molecule has 39 heavy (non-hydrogen) atoms. The first-order chi connectivity index (χ1) is 18.7. The third-order valence-corrected chi connectivity index (χ3v) is 6.99. The first-order valence-corrected chi connectivity index (χ1v) is 12.7. The van der Waals surface area contributed by atoms with Gasteiger partial charge in [-0.25, -0.2) is 13.8 Å². The Labute approximate surface area is 228 Å². The number of nitrogen functional groups attached to an aromatic ring is 1. The number of aromatic nitrogens is 1. The van der Waals surface area contributed by atoms with E-state index in [9.17, 15) is 18.4 Å². The molecule has 0 aliphatic carbocycles. The number of anilines is 1. The van der Waals surface area contributed by atoms with Crippen LogP contribution in [0.15, 0.2) is 71.3 Å². The van der Waals surface area contributed by atoms with Gasteiger partial charge in [0, 0.05) is 54.7 Å². The molecule has 10 heteroatoms. The summed E-state index contributed by atoms with van der Waals surface area (Å²) in [6.45, 7) is 0.241. The number of rotatable bonds is 6. The normalized spacial score (nSPS) is 15.1. The smallest absolute Gasteiger partial charge is 0.253 e. The van der Waals surface area contributed by atoms with Crippen LogP contribution in [-0.4, -0.2) is 40.7 Å². The lowest BCUT2D eigenvalue weighted by Crippen LogP contribution is -2.42. The molecule has 5 rings (SSSR count). The monoisotopic (exact) mass is 550 g/mol. The summed E-state index contributed by atoms with van der Waals surface area (Å²) in [6.07, 6.45) is 3.95. The topological polar surface area (TPSA) is 101 Å². The Bertz CT molecular complexity index is 1560. The van der Waals surface area contributed by atoms with Crippen molar-refractivity contribution in [3.63, 3.8) is 0 Å². The fourth-order valence-corrected chi connectivity index (χ4v) is 4.70. The van der Waals surface area contributed by atoms with Gasteiger partial charge in [0.25, 0.3) is 11.8 Å². The Morgan fingerprint density at radius 1 is 1.10 bits per heavy atom. The summed E-state index contributed by atoms with van der Waals surface area (Å²) in [4.78, 5) is 30.5. The standard InChI is InChI=1S/C29H25ClF2N4O3/c30-27-22-6-4-20(28(38)36-13-11-29(31,32)12-14-36)15-19(22)3-7-23(27)24-8-5-21(39-24)17-35-26(37)10-2-18-1-9-25(33)34-16-18/h1-10,15-16H,11-14,17H2,(H2,33,34)(H,35,37)/b10-2+. The minimum atomic E-state index is -2.71. The number of hydrogen-bond acceptors (Lipinski definition) is 5. The Morgan fingerprint density at radius 3 is 2.64 bits per heavy atom. The summed E-state index contributed by atoms with van der Waals surface area (Å²) in [5.41, 5.74) is 7.39. The molecule has 7 nitrogen and oxygen atoms in total. The van der Waals surface area contributed by atoms with Crippen LogP contribution in [0.25, 0.3) is 28.2 Å². The summed E-state index contributed by atoms with van der Waals surface area (Å²) < 4.78 is 32.8. The number of benzene rings is 2. The predicted molar refractivity (Wildman–Crippen MR) is 146 cm³/mol. The van der Waals surface area contributed by atoms with E-state index in [4.69, 9.17) is 21.8 Å². The van der Waals surface area contributed by atoms with E-state index in [1.807, 2.05) is 6.07 Å². The Kier molecular flexibility index (Phi) is 7.34. The average molecular weight is 551 g/mol. The minimum Gasteiger partial charge on any atom is -0.459 e. The van der Waals surface area contributed by atoms with Crippen molar-refractivity contribution < 1.29 is 22.8 Å². The van der Waals surface area contributed by atoms with Crippen LogP contribution in [-0.2, 0) is 11.3 Å². The number of piperidine rings is 1. The molecule has 1 saturated heterocycles. The van der Waals surface area contributed by atoms with Crippen molar-refractivity contribution in [2.24, 2.45) is 0 Å². The van der Waals surface area contributed by atoms with E-state index >= 15 is 0 Å². The summed E-state index contributed by atoms with van der Waals surface area (Å²) in [7, 11) is 0. The van der Waals surface area contributed by atoms with Gasteiger partial charge in [0.05, 0.1) is 11.6 Å². The number of furan rings is 1. The quantitative estimate of drug-likeness (QED) is 0.290. The van der Waals surface area contributed by atoms with E-state index in [0.717, 1.165) is 16.3 Å². The van der Waals surface area contributed by atoms with Gasteiger partial charge in [-0.2, -0.15) is 0 Å². The molecule has 2 amide bonds. The summed E-state index contributed by atoms with van der Waals surface area (Å²) in [6, 6.07) is 15.7. The van der Waals surface area contributed by atoms with Crippen LogP contribution < -0.4 is 11.1 Å². The number of carbonyl (C=O) groups is 2. The van der Waals surface area contributed by atoms with E-state index in [1.165, 1.54) is 11.0 Å². The van der Waals surface area contributed by atoms with Crippen LogP contribution in [0, 0.1) is 0 Å². The zero-order chi connectivity index (χ0) is 27.6. The summed E-state index contributed by atoms with van der Waals surface area (Å²) >= 11 is 6.70. The minimum absolute atomic E-state index is 0.0290. The second kappa shape index (κ2) is 10.9. The maximum atomic E-state index is 13.5. The molecular formula is C29H25ClF2N4O3. The number of amides is 2. The number of nitrogens with zero attached hydrogens (tertiary/aromatic N) is 2. The van der Waals surface area contributed by atoms with Crippen LogP contribution in [0.5, 0.6) is 0 Å². The molecule has 0 bridgehead atoms. The maximum absolute atomic E-state index is 13.5. The first-order valence-electron chi connectivity index (χ1n) is 12.3.